The summed E-state index contributed by atoms with van der Waals surface area (Å²) in [6.07, 6.45) is 0. The van der Waals surface area contributed by atoms with Crippen molar-refractivity contribution in [1.29, 1.82) is 0 Å². The predicted octanol–water partition coefficient (Wildman–Crippen LogP) is 3.18. The number of carbonyl (C=O) groups excluding carboxylic acids is 1. The highest BCUT2D eigenvalue weighted by Crippen LogP contribution is 2.18. The van der Waals surface area contributed by atoms with Crippen molar-refractivity contribution >= 4 is 26.5 Å². The van der Waals surface area contributed by atoms with Gasteiger partial charge in [0.1, 0.15) is 0 Å². The number of benzene rings is 3. The lowest BCUT2D eigenvalue weighted by Crippen LogP contribution is -2.29. The van der Waals surface area contributed by atoms with Crippen LogP contribution in [0.3, 0.4) is 0 Å². The summed E-state index contributed by atoms with van der Waals surface area (Å²) in [6.45, 7) is 0.0945. The Labute approximate surface area is 147 Å². The zero-order valence-corrected chi connectivity index (χ0v) is 14.5. The first-order valence-electron chi connectivity index (χ1n) is 8.05. The monoisotopic (exact) mass is 353 g/mol. The van der Waals surface area contributed by atoms with Gasteiger partial charge in [0.05, 0.1) is 11.5 Å². The third kappa shape index (κ3) is 4.45. The number of hydrogen-bond donors (Lipinski definition) is 1. The molecule has 0 aromatic heterocycles. The van der Waals surface area contributed by atoms with Gasteiger partial charge in [-0.15, -0.1) is 0 Å². The second kappa shape index (κ2) is 7.49. The van der Waals surface area contributed by atoms with Crippen molar-refractivity contribution < 1.29 is 13.2 Å². The molecule has 0 bridgehead atoms. The Morgan fingerprint density at radius 3 is 2.32 bits per heavy atom. The topological polar surface area (TPSA) is 63.2 Å². The van der Waals surface area contributed by atoms with E-state index in [-0.39, 0.29) is 24.0 Å². The number of fused-ring (bicyclic) bond motifs is 1. The zero-order valence-electron chi connectivity index (χ0n) is 13.7. The summed E-state index contributed by atoms with van der Waals surface area (Å²) in [5.41, 5.74) is 1.31. The summed E-state index contributed by atoms with van der Waals surface area (Å²) in [4.78, 5) is 12.4. The molecule has 3 aromatic carbocycles. The average Bonchev–Trinajstić information content (AvgIpc) is 2.61. The van der Waals surface area contributed by atoms with Gasteiger partial charge in [0, 0.05) is 12.1 Å². The number of sulfone groups is 1. The quantitative estimate of drug-likeness (QED) is 0.740. The minimum atomic E-state index is -3.27. The molecule has 1 N–H and O–H groups in total. The minimum absolute atomic E-state index is 0.0159. The molecular weight excluding hydrogens is 334 g/mol. The highest BCUT2D eigenvalue weighted by Gasteiger charge is 2.14. The molecule has 0 aliphatic rings. The number of nitrogens with one attached hydrogen (secondary N) is 1. The van der Waals surface area contributed by atoms with E-state index in [0.717, 1.165) is 16.3 Å². The van der Waals surface area contributed by atoms with Crippen LogP contribution in [0.15, 0.2) is 72.8 Å². The van der Waals surface area contributed by atoms with Gasteiger partial charge in [0.2, 0.25) is 0 Å². The molecule has 0 atom stereocenters. The van der Waals surface area contributed by atoms with E-state index >= 15 is 0 Å². The highest BCUT2D eigenvalue weighted by atomic mass is 32.2. The summed E-state index contributed by atoms with van der Waals surface area (Å²) >= 11 is 0. The molecule has 3 aromatic rings. The lowest BCUT2D eigenvalue weighted by Gasteiger charge is -2.09. The summed E-state index contributed by atoms with van der Waals surface area (Å²) < 4.78 is 24.4. The molecule has 0 unspecified atom stereocenters. The summed E-state index contributed by atoms with van der Waals surface area (Å²) in [7, 11) is -3.27. The minimum Gasteiger partial charge on any atom is -0.351 e. The van der Waals surface area contributed by atoms with E-state index in [1.807, 2.05) is 54.6 Å². The van der Waals surface area contributed by atoms with Crippen LogP contribution in [0.25, 0.3) is 10.8 Å². The summed E-state index contributed by atoms with van der Waals surface area (Å²) in [6, 6.07) is 22.2. The van der Waals surface area contributed by atoms with Crippen LogP contribution in [-0.2, 0) is 15.6 Å². The maximum absolute atomic E-state index is 12.4. The molecule has 4 nitrogen and oxygen atoms in total. The van der Waals surface area contributed by atoms with E-state index in [2.05, 4.69) is 5.32 Å². The Balaban J connectivity index is 1.62. The van der Waals surface area contributed by atoms with Crippen LogP contribution in [-0.4, -0.2) is 26.6 Å². The normalized spacial score (nSPS) is 11.4. The van der Waals surface area contributed by atoms with Crippen molar-refractivity contribution in [2.45, 2.75) is 5.75 Å². The fraction of sp³-hybridized carbons (Fsp3) is 0.150. The zero-order chi connectivity index (χ0) is 17.7. The van der Waals surface area contributed by atoms with Gasteiger partial charge in [-0.05, 0) is 22.4 Å². The SMILES string of the molecule is O=C(NCCS(=O)(=O)Cc1ccccc1)c1cccc2ccccc12. The molecule has 0 radical (unpaired) electrons. The van der Waals surface area contributed by atoms with Gasteiger partial charge in [-0.25, -0.2) is 8.42 Å². The first kappa shape index (κ1) is 17.2. The fourth-order valence-electron chi connectivity index (χ4n) is 2.74. The highest BCUT2D eigenvalue weighted by molar-refractivity contribution is 7.90. The molecule has 25 heavy (non-hydrogen) atoms. The van der Waals surface area contributed by atoms with E-state index in [4.69, 9.17) is 0 Å². The van der Waals surface area contributed by atoms with Crippen LogP contribution in [0.1, 0.15) is 15.9 Å². The first-order valence-corrected chi connectivity index (χ1v) is 9.88. The van der Waals surface area contributed by atoms with E-state index in [1.54, 1.807) is 18.2 Å². The largest absolute Gasteiger partial charge is 0.351 e. The maximum atomic E-state index is 12.4. The fourth-order valence-corrected chi connectivity index (χ4v) is 4.00. The lowest BCUT2D eigenvalue weighted by molar-refractivity contribution is 0.0958. The van der Waals surface area contributed by atoms with Crippen molar-refractivity contribution in [1.82, 2.24) is 5.32 Å². The van der Waals surface area contributed by atoms with Gasteiger partial charge in [-0.2, -0.15) is 0 Å². The van der Waals surface area contributed by atoms with Crippen LogP contribution in [0.4, 0.5) is 0 Å². The van der Waals surface area contributed by atoms with E-state index in [1.165, 1.54) is 0 Å². The molecule has 0 aliphatic heterocycles. The average molecular weight is 353 g/mol. The molecule has 0 fully saturated rings. The van der Waals surface area contributed by atoms with Crippen LogP contribution in [0, 0.1) is 0 Å². The molecule has 0 spiro atoms. The Morgan fingerprint density at radius 2 is 1.52 bits per heavy atom. The second-order valence-electron chi connectivity index (χ2n) is 5.86. The van der Waals surface area contributed by atoms with Crippen LogP contribution in [0.5, 0.6) is 0 Å². The molecule has 5 heteroatoms. The first-order chi connectivity index (χ1) is 12.1. The van der Waals surface area contributed by atoms with Gasteiger partial charge in [0.15, 0.2) is 9.84 Å². The van der Waals surface area contributed by atoms with Crippen LogP contribution < -0.4 is 5.32 Å². The van der Waals surface area contributed by atoms with Crippen LogP contribution in [0.2, 0.25) is 0 Å². The summed E-state index contributed by atoms with van der Waals surface area (Å²) in [5.74, 6) is -0.358. The van der Waals surface area contributed by atoms with Crippen molar-refractivity contribution in [2.24, 2.45) is 0 Å². The second-order valence-corrected chi connectivity index (χ2v) is 8.04. The number of hydrogen-bond acceptors (Lipinski definition) is 3. The lowest BCUT2D eigenvalue weighted by atomic mass is 10.0. The van der Waals surface area contributed by atoms with Crippen LogP contribution >= 0.6 is 0 Å². The van der Waals surface area contributed by atoms with Crippen molar-refractivity contribution in [2.75, 3.05) is 12.3 Å². The van der Waals surface area contributed by atoms with Crippen molar-refractivity contribution in [3.63, 3.8) is 0 Å². The number of carbonyl (C=O) groups is 1. The third-order valence-electron chi connectivity index (χ3n) is 3.96. The third-order valence-corrected chi connectivity index (χ3v) is 5.56. The molecular formula is C20H19NO3S. The Morgan fingerprint density at radius 1 is 0.840 bits per heavy atom. The van der Waals surface area contributed by atoms with Gasteiger partial charge in [0.25, 0.3) is 5.91 Å². The number of amides is 1. The van der Waals surface area contributed by atoms with Gasteiger partial charge < -0.3 is 5.32 Å². The smallest absolute Gasteiger partial charge is 0.251 e. The van der Waals surface area contributed by atoms with E-state index < -0.39 is 9.84 Å². The van der Waals surface area contributed by atoms with E-state index in [9.17, 15) is 13.2 Å². The molecule has 0 saturated carbocycles. The van der Waals surface area contributed by atoms with Gasteiger partial charge >= 0.3 is 0 Å². The molecule has 0 aliphatic carbocycles. The van der Waals surface area contributed by atoms with E-state index in [0.29, 0.717) is 5.56 Å². The van der Waals surface area contributed by atoms with Crippen molar-refractivity contribution in [3.8, 4) is 0 Å². The molecule has 0 saturated heterocycles. The number of rotatable bonds is 6. The Kier molecular flexibility index (Phi) is 5.14. The Hall–Kier alpha value is -2.66. The molecule has 1 amide bonds. The predicted molar refractivity (Wildman–Crippen MR) is 100 cm³/mol. The standard InChI is InChI=1S/C20H19NO3S/c22-20(19-12-6-10-17-9-4-5-11-18(17)19)21-13-14-25(23,24)15-16-7-2-1-3-8-16/h1-12H,13-15H2,(H,21,22). The molecule has 3 rings (SSSR count). The molecule has 128 valence electrons. The maximum Gasteiger partial charge on any atom is 0.251 e. The molecule has 0 heterocycles. The van der Waals surface area contributed by atoms with Gasteiger partial charge in [-0.3, -0.25) is 4.79 Å². The Bertz CT molecular complexity index is 977. The summed E-state index contributed by atoms with van der Waals surface area (Å²) in [5, 5.41) is 4.55. The van der Waals surface area contributed by atoms with Crippen molar-refractivity contribution in [3.05, 3.63) is 83.9 Å². The van der Waals surface area contributed by atoms with Gasteiger partial charge in [-0.1, -0.05) is 66.7 Å².